The van der Waals surface area contributed by atoms with Gasteiger partial charge in [0.2, 0.25) is 5.69 Å². The van der Waals surface area contributed by atoms with Gasteiger partial charge in [-0.2, -0.15) is 4.57 Å². The highest BCUT2D eigenvalue weighted by Gasteiger charge is 2.21. The second kappa shape index (κ2) is 4.92. The molecule has 0 fully saturated rings. The first-order valence-corrected chi connectivity index (χ1v) is 7.90. The molecular formula is C20H20N3+. The minimum Gasteiger partial charge on any atom is -0.299 e. The van der Waals surface area contributed by atoms with Crippen LogP contribution < -0.4 is 4.57 Å². The predicted molar refractivity (Wildman–Crippen MR) is 93.5 cm³/mol. The number of hydrogen-bond donors (Lipinski definition) is 0. The van der Waals surface area contributed by atoms with Gasteiger partial charge in [0.25, 0.3) is 0 Å². The Bertz CT molecular complexity index is 1060. The Morgan fingerprint density at radius 3 is 2.70 bits per heavy atom. The minimum atomic E-state index is 0.983. The topological polar surface area (TPSA) is 21.2 Å². The van der Waals surface area contributed by atoms with Crippen LogP contribution in [0.25, 0.3) is 27.9 Å². The van der Waals surface area contributed by atoms with E-state index in [1.165, 1.54) is 27.9 Å². The lowest BCUT2D eigenvalue weighted by molar-refractivity contribution is -0.659. The fourth-order valence-corrected chi connectivity index (χ4v) is 3.38. The summed E-state index contributed by atoms with van der Waals surface area (Å²) < 4.78 is 4.33. The van der Waals surface area contributed by atoms with Gasteiger partial charge in [0.05, 0.1) is 11.1 Å². The molecule has 0 bridgehead atoms. The number of rotatable bonds is 1. The fourth-order valence-electron chi connectivity index (χ4n) is 3.38. The monoisotopic (exact) mass is 302 g/mol. The largest absolute Gasteiger partial charge is 0.299 e. The summed E-state index contributed by atoms with van der Waals surface area (Å²) in [6.07, 6.45) is 4.19. The van der Waals surface area contributed by atoms with E-state index in [2.05, 4.69) is 73.4 Å². The van der Waals surface area contributed by atoms with Gasteiger partial charge >= 0.3 is 0 Å². The summed E-state index contributed by atoms with van der Waals surface area (Å²) in [5, 5.41) is 0. The Balaban J connectivity index is 2.17. The van der Waals surface area contributed by atoms with Gasteiger partial charge in [-0.3, -0.25) is 4.40 Å². The van der Waals surface area contributed by atoms with Crippen molar-refractivity contribution in [2.45, 2.75) is 20.8 Å². The Morgan fingerprint density at radius 2 is 1.87 bits per heavy atom. The maximum Gasteiger partial charge on any atom is 0.240 e. The summed E-state index contributed by atoms with van der Waals surface area (Å²) in [5.74, 6) is 0. The molecule has 0 unspecified atom stereocenters. The third-order valence-electron chi connectivity index (χ3n) is 4.67. The molecule has 114 valence electrons. The number of imidazole rings is 1. The lowest BCUT2D eigenvalue weighted by atomic mass is 9.97. The number of hydrogen-bond acceptors (Lipinski definition) is 1. The molecule has 23 heavy (non-hydrogen) atoms. The second-order valence-electron chi connectivity index (χ2n) is 6.30. The zero-order chi connectivity index (χ0) is 16.1. The molecule has 3 heteroatoms. The third-order valence-corrected chi connectivity index (χ3v) is 4.67. The molecule has 0 aliphatic rings. The van der Waals surface area contributed by atoms with Crippen molar-refractivity contribution in [1.29, 1.82) is 0 Å². The molecule has 1 aromatic carbocycles. The van der Waals surface area contributed by atoms with Gasteiger partial charge in [0.15, 0.2) is 11.7 Å². The molecule has 3 nitrogen and oxygen atoms in total. The van der Waals surface area contributed by atoms with E-state index in [-0.39, 0.29) is 0 Å². The van der Waals surface area contributed by atoms with Gasteiger partial charge in [-0.15, -0.1) is 0 Å². The average Bonchev–Trinajstić information content (AvgIpc) is 2.89. The van der Waals surface area contributed by atoms with Crippen molar-refractivity contribution in [3.63, 3.8) is 0 Å². The van der Waals surface area contributed by atoms with Crippen molar-refractivity contribution in [2.24, 2.45) is 7.05 Å². The molecule has 0 atom stereocenters. The Morgan fingerprint density at radius 1 is 1.04 bits per heavy atom. The molecule has 4 rings (SSSR count). The van der Waals surface area contributed by atoms with Crippen LogP contribution in [0.2, 0.25) is 0 Å². The van der Waals surface area contributed by atoms with Gasteiger partial charge in [-0.25, -0.2) is 4.98 Å². The Labute approximate surface area is 135 Å². The zero-order valence-electron chi connectivity index (χ0n) is 14.0. The molecule has 0 amide bonds. The summed E-state index contributed by atoms with van der Waals surface area (Å²) >= 11 is 0. The van der Waals surface area contributed by atoms with E-state index < -0.39 is 0 Å². The standard InChI is InChI=1S/C20H20N3/c1-13-11-14(2)15(3)16(12-13)20-19-17(8-10-22(20)4)23-9-6-5-7-18(23)21-19/h5-12H,1-4H3/q+1. The zero-order valence-corrected chi connectivity index (χ0v) is 14.0. The summed E-state index contributed by atoms with van der Waals surface area (Å²) in [4.78, 5) is 4.89. The lowest BCUT2D eigenvalue weighted by Gasteiger charge is -2.09. The summed E-state index contributed by atoms with van der Waals surface area (Å²) in [6.45, 7) is 6.52. The summed E-state index contributed by atoms with van der Waals surface area (Å²) in [6, 6.07) is 12.8. The molecule has 0 aliphatic carbocycles. The summed E-state index contributed by atoms with van der Waals surface area (Å²) in [7, 11) is 2.09. The minimum absolute atomic E-state index is 0.983. The van der Waals surface area contributed by atoms with Crippen molar-refractivity contribution >= 4 is 16.7 Å². The van der Waals surface area contributed by atoms with Crippen LogP contribution in [0.1, 0.15) is 16.7 Å². The third kappa shape index (κ3) is 2.04. The van der Waals surface area contributed by atoms with Crippen molar-refractivity contribution in [3.05, 3.63) is 65.5 Å². The van der Waals surface area contributed by atoms with E-state index in [0.717, 1.165) is 16.7 Å². The van der Waals surface area contributed by atoms with Crippen LogP contribution in [0.15, 0.2) is 48.8 Å². The quantitative estimate of drug-likeness (QED) is 0.489. The highest BCUT2D eigenvalue weighted by Crippen LogP contribution is 2.30. The van der Waals surface area contributed by atoms with Crippen LogP contribution in [0, 0.1) is 20.8 Å². The predicted octanol–water partition coefficient (Wildman–Crippen LogP) is 3.90. The molecule has 4 aromatic rings. The van der Waals surface area contributed by atoms with Crippen molar-refractivity contribution in [2.75, 3.05) is 0 Å². The maximum atomic E-state index is 4.89. The molecule has 3 aromatic heterocycles. The van der Waals surface area contributed by atoms with E-state index in [0.29, 0.717) is 0 Å². The first-order valence-electron chi connectivity index (χ1n) is 7.90. The highest BCUT2D eigenvalue weighted by molar-refractivity contribution is 5.91. The molecule has 0 saturated carbocycles. The van der Waals surface area contributed by atoms with Crippen LogP contribution in [0.3, 0.4) is 0 Å². The molecule has 0 radical (unpaired) electrons. The Kier molecular flexibility index (Phi) is 2.98. The van der Waals surface area contributed by atoms with Crippen LogP contribution in [-0.4, -0.2) is 9.38 Å². The van der Waals surface area contributed by atoms with Gasteiger partial charge in [-0.1, -0.05) is 17.7 Å². The average molecular weight is 302 g/mol. The number of benzene rings is 1. The van der Waals surface area contributed by atoms with Crippen LogP contribution in [0.4, 0.5) is 0 Å². The van der Waals surface area contributed by atoms with E-state index in [1.807, 2.05) is 12.1 Å². The van der Waals surface area contributed by atoms with Gasteiger partial charge < -0.3 is 0 Å². The second-order valence-corrected chi connectivity index (χ2v) is 6.30. The first kappa shape index (κ1) is 13.9. The molecule has 0 N–H and O–H groups in total. The number of nitrogens with zero attached hydrogens (tertiary/aromatic N) is 3. The van der Waals surface area contributed by atoms with Gasteiger partial charge in [0, 0.05) is 12.3 Å². The SMILES string of the molecule is Cc1cc(C)c(C)c(-c2c3nc4ccccn4c3cc[n+]2C)c1. The van der Waals surface area contributed by atoms with E-state index in [1.54, 1.807) is 0 Å². The smallest absolute Gasteiger partial charge is 0.240 e. The highest BCUT2D eigenvalue weighted by atomic mass is 15.0. The maximum absolute atomic E-state index is 4.89. The molecule has 0 aliphatic heterocycles. The van der Waals surface area contributed by atoms with E-state index in [4.69, 9.17) is 4.98 Å². The van der Waals surface area contributed by atoms with E-state index in [9.17, 15) is 0 Å². The number of fused-ring (bicyclic) bond motifs is 3. The molecular weight excluding hydrogens is 282 g/mol. The van der Waals surface area contributed by atoms with E-state index >= 15 is 0 Å². The van der Waals surface area contributed by atoms with Crippen LogP contribution >= 0.6 is 0 Å². The lowest BCUT2D eigenvalue weighted by Crippen LogP contribution is -2.31. The Hall–Kier alpha value is -2.68. The van der Waals surface area contributed by atoms with Crippen LogP contribution in [-0.2, 0) is 7.05 Å². The van der Waals surface area contributed by atoms with Crippen LogP contribution in [0.5, 0.6) is 0 Å². The van der Waals surface area contributed by atoms with Crippen molar-refractivity contribution in [1.82, 2.24) is 9.38 Å². The number of aryl methyl sites for hydroxylation is 3. The van der Waals surface area contributed by atoms with Crippen molar-refractivity contribution in [3.8, 4) is 11.3 Å². The fraction of sp³-hybridized carbons (Fsp3) is 0.200. The number of aromatic nitrogens is 3. The molecule has 0 saturated heterocycles. The molecule has 3 heterocycles. The first-order chi connectivity index (χ1) is 11.1. The normalized spacial score (nSPS) is 11.5. The van der Waals surface area contributed by atoms with Crippen molar-refractivity contribution < 1.29 is 4.57 Å². The molecule has 0 spiro atoms. The van der Waals surface area contributed by atoms with Gasteiger partial charge in [-0.05, 0) is 50.1 Å². The number of pyridine rings is 2. The summed E-state index contributed by atoms with van der Waals surface area (Å²) in [5.41, 5.74) is 9.54. The van der Waals surface area contributed by atoms with Gasteiger partial charge in [0.1, 0.15) is 12.7 Å².